The van der Waals surface area contributed by atoms with Crippen molar-refractivity contribution in [3.8, 4) is 0 Å². The van der Waals surface area contributed by atoms with Gasteiger partial charge in [0.2, 0.25) is 0 Å². The first-order valence-electron chi connectivity index (χ1n) is 5.69. The average molecular weight is 246 g/mol. The van der Waals surface area contributed by atoms with Gasteiger partial charge < -0.3 is 19.6 Å². The molecule has 2 aliphatic rings. The smallest absolute Gasteiger partial charge is 0.294 e. The lowest BCUT2D eigenvalue weighted by molar-refractivity contribution is -0.769. The molecule has 17 heavy (non-hydrogen) atoms. The van der Waals surface area contributed by atoms with Crippen LogP contribution in [0.5, 0.6) is 0 Å². The highest BCUT2D eigenvalue weighted by Crippen LogP contribution is 2.29. The summed E-state index contributed by atoms with van der Waals surface area (Å²) in [5.41, 5.74) is -0.0473. The number of rotatable bonds is 3. The van der Waals surface area contributed by atoms with Crippen LogP contribution in [0, 0.1) is 10.1 Å². The Morgan fingerprint density at radius 2 is 1.94 bits per heavy atom. The van der Waals surface area contributed by atoms with Gasteiger partial charge in [0, 0.05) is 5.54 Å². The zero-order valence-corrected chi connectivity index (χ0v) is 10.2. The fraction of sp³-hybridized carbons (Fsp3) is 1.00. The minimum Gasteiger partial charge on any atom is -0.371 e. The summed E-state index contributed by atoms with van der Waals surface area (Å²) in [4.78, 5) is 14.9. The summed E-state index contributed by atoms with van der Waals surface area (Å²) in [6.07, 6.45) is -1.12. The summed E-state index contributed by atoms with van der Waals surface area (Å²) in [5.74, 6) is 0. The maximum absolute atomic E-state index is 10.3. The van der Waals surface area contributed by atoms with Gasteiger partial charge in [-0.05, 0) is 20.8 Å². The van der Waals surface area contributed by atoms with Crippen LogP contribution < -0.4 is 5.32 Å². The molecule has 0 amide bonds. The van der Waals surface area contributed by atoms with E-state index < -0.39 is 11.2 Å². The molecule has 2 unspecified atom stereocenters. The van der Waals surface area contributed by atoms with Crippen molar-refractivity contribution in [3.05, 3.63) is 10.1 Å². The van der Waals surface area contributed by atoms with Crippen molar-refractivity contribution in [3.63, 3.8) is 0 Å². The zero-order chi connectivity index (χ0) is 12.6. The lowest BCUT2D eigenvalue weighted by Gasteiger charge is -2.27. The van der Waals surface area contributed by atoms with E-state index in [1.54, 1.807) is 0 Å². The van der Waals surface area contributed by atoms with Gasteiger partial charge in [-0.3, -0.25) is 0 Å². The van der Waals surface area contributed by atoms with Gasteiger partial charge in [0.1, 0.15) is 12.2 Å². The molecule has 0 saturated carbocycles. The molecule has 7 heteroatoms. The van der Waals surface area contributed by atoms with Crippen molar-refractivity contribution in [2.24, 2.45) is 0 Å². The lowest BCUT2D eigenvalue weighted by atomic mass is 10.0. The highest BCUT2D eigenvalue weighted by atomic mass is 17.0. The van der Waals surface area contributed by atoms with Crippen molar-refractivity contribution >= 4 is 0 Å². The molecule has 4 atom stereocenters. The monoisotopic (exact) mass is 246 g/mol. The fourth-order valence-corrected chi connectivity index (χ4v) is 2.35. The summed E-state index contributed by atoms with van der Waals surface area (Å²) in [5, 5.41) is 12.9. The second kappa shape index (κ2) is 4.40. The van der Waals surface area contributed by atoms with Gasteiger partial charge >= 0.3 is 0 Å². The summed E-state index contributed by atoms with van der Waals surface area (Å²) >= 11 is 0. The molecular weight excluding hydrogens is 228 g/mol. The SMILES string of the molecule is CC(C)(C)NC1CO[C@H]2C(O[N+](=O)[O-])CO[C@@H]12. The molecule has 0 spiro atoms. The molecule has 0 bridgehead atoms. The van der Waals surface area contributed by atoms with Crippen molar-refractivity contribution < 1.29 is 19.4 Å². The molecule has 0 aliphatic carbocycles. The van der Waals surface area contributed by atoms with Gasteiger partial charge in [-0.1, -0.05) is 0 Å². The second-order valence-electron chi connectivity index (χ2n) is 5.46. The number of nitrogens with one attached hydrogen (secondary N) is 1. The van der Waals surface area contributed by atoms with E-state index in [0.717, 1.165) is 0 Å². The van der Waals surface area contributed by atoms with Crippen LogP contribution in [-0.4, -0.2) is 48.2 Å². The molecule has 0 aromatic heterocycles. The van der Waals surface area contributed by atoms with Gasteiger partial charge in [-0.15, -0.1) is 10.1 Å². The summed E-state index contributed by atoms with van der Waals surface area (Å²) < 4.78 is 11.1. The Morgan fingerprint density at radius 3 is 2.53 bits per heavy atom. The van der Waals surface area contributed by atoms with E-state index >= 15 is 0 Å². The first-order chi connectivity index (χ1) is 7.87. The predicted octanol–water partition coefficient (Wildman–Crippen LogP) is 0.118. The summed E-state index contributed by atoms with van der Waals surface area (Å²) in [6, 6.07) is 0.0559. The largest absolute Gasteiger partial charge is 0.371 e. The predicted molar refractivity (Wildman–Crippen MR) is 58.0 cm³/mol. The second-order valence-corrected chi connectivity index (χ2v) is 5.46. The Kier molecular flexibility index (Phi) is 3.24. The molecule has 0 radical (unpaired) electrons. The Balaban J connectivity index is 1.95. The van der Waals surface area contributed by atoms with Crippen molar-refractivity contribution in [2.45, 2.75) is 50.7 Å². The third-order valence-corrected chi connectivity index (χ3v) is 2.85. The molecular formula is C10H18N2O5. The van der Waals surface area contributed by atoms with Crippen LogP contribution in [0.15, 0.2) is 0 Å². The molecule has 2 fully saturated rings. The molecule has 7 nitrogen and oxygen atoms in total. The summed E-state index contributed by atoms with van der Waals surface area (Å²) in [7, 11) is 0. The van der Waals surface area contributed by atoms with Crippen molar-refractivity contribution in [1.29, 1.82) is 0 Å². The van der Waals surface area contributed by atoms with Crippen LogP contribution in [-0.2, 0) is 14.3 Å². The molecule has 0 aromatic rings. The first kappa shape index (κ1) is 12.5. The van der Waals surface area contributed by atoms with E-state index in [2.05, 4.69) is 30.9 Å². The average Bonchev–Trinajstić information content (AvgIpc) is 2.68. The van der Waals surface area contributed by atoms with E-state index in [-0.39, 0.29) is 30.4 Å². The molecule has 1 N–H and O–H groups in total. The van der Waals surface area contributed by atoms with Crippen LogP contribution in [0.25, 0.3) is 0 Å². The summed E-state index contributed by atoms with van der Waals surface area (Å²) in [6.45, 7) is 6.86. The first-order valence-corrected chi connectivity index (χ1v) is 5.69. The number of hydrogen-bond donors (Lipinski definition) is 1. The number of nitrogens with zero attached hydrogens (tertiary/aromatic N) is 1. The maximum Gasteiger partial charge on any atom is 0.294 e. The highest BCUT2D eigenvalue weighted by molar-refractivity contribution is 4.99. The van der Waals surface area contributed by atoms with Crippen LogP contribution in [0.2, 0.25) is 0 Å². The standard InChI is InChI=1S/C10H18N2O5/c1-10(2,3)11-6-4-15-9-7(17-12(13)14)5-16-8(6)9/h6-9,11H,4-5H2,1-3H3/t6?,7?,8-,9-/m0/s1. The molecule has 2 saturated heterocycles. The highest BCUT2D eigenvalue weighted by Gasteiger charge is 2.49. The third kappa shape index (κ3) is 2.85. The van der Waals surface area contributed by atoms with Crippen molar-refractivity contribution in [1.82, 2.24) is 5.32 Å². The normalized spacial score (nSPS) is 36.9. The Morgan fingerprint density at radius 1 is 1.29 bits per heavy atom. The Labute approximate surface area is 99.5 Å². The van der Waals surface area contributed by atoms with Gasteiger partial charge in [0.15, 0.2) is 6.10 Å². The van der Waals surface area contributed by atoms with E-state index in [4.69, 9.17) is 9.47 Å². The molecule has 2 heterocycles. The topological polar surface area (TPSA) is 82.9 Å². The number of ether oxygens (including phenoxy) is 2. The minimum absolute atomic E-state index is 0.0473. The third-order valence-electron chi connectivity index (χ3n) is 2.85. The minimum atomic E-state index is -0.787. The van der Waals surface area contributed by atoms with Crippen LogP contribution in [0.4, 0.5) is 0 Å². The maximum atomic E-state index is 10.3. The van der Waals surface area contributed by atoms with Gasteiger partial charge in [0.05, 0.1) is 19.3 Å². The quantitative estimate of drug-likeness (QED) is 0.562. The van der Waals surface area contributed by atoms with E-state index in [0.29, 0.717) is 6.61 Å². The number of hydrogen-bond acceptors (Lipinski definition) is 6. The van der Waals surface area contributed by atoms with E-state index in [9.17, 15) is 10.1 Å². The van der Waals surface area contributed by atoms with Gasteiger partial charge in [0.25, 0.3) is 5.09 Å². The lowest BCUT2D eigenvalue weighted by Crippen LogP contribution is -2.50. The van der Waals surface area contributed by atoms with Gasteiger partial charge in [-0.25, -0.2) is 0 Å². The van der Waals surface area contributed by atoms with E-state index in [1.165, 1.54) is 0 Å². The Bertz CT molecular complexity index is 304. The number of fused-ring (bicyclic) bond motifs is 1. The fourth-order valence-electron chi connectivity index (χ4n) is 2.35. The molecule has 0 aromatic carbocycles. The van der Waals surface area contributed by atoms with Gasteiger partial charge in [-0.2, -0.15) is 0 Å². The molecule has 2 rings (SSSR count). The van der Waals surface area contributed by atoms with Crippen LogP contribution in [0.1, 0.15) is 20.8 Å². The van der Waals surface area contributed by atoms with E-state index in [1.807, 2.05) is 0 Å². The zero-order valence-electron chi connectivity index (χ0n) is 10.2. The Hall–Kier alpha value is -0.920. The molecule has 98 valence electrons. The molecule has 2 aliphatic heterocycles. The van der Waals surface area contributed by atoms with Crippen molar-refractivity contribution in [2.75, 3.05) is 13.2 Å². The van der Waals surface area contributed by atoms with Crippen LogP contribution in [0.3, 0.4) is 0 Å². The van der Waals surface area contributed by atoms with Crippen LogP contribution >= 0.6 is 0 Å².